The van der Waals surface area contributed by atoms with Crippen molar-refractivity contribution in [3.8, 4) is 5.75 Å². The van der Waals surface area contributed by atoms with Crippen LogP contribution in [0.4, 0.5) is 0 Å². The van der Waals surface area contributed by atoms with Crippen molar-refractivity contribution in [3.63, 3.8) is 0 Å². The van der Waals surface area contributed by atoms with E-state index < -0.39 is 0 Å². The lowest BCUT2D eigenvalue weighted by atomic mass is 9.97. The Morgan fingerprint density at radius 1 is 1.38 bits per heavy atom. The highest BCUT2D eigenvalue weighted by atomic mass is 16.5. The molecule has 0 amide bonds. The maximum atomic E-state index is 5.40. The van der Waals surface area contributed by atoms with Gasteiger partial charge >= 0.3 is 0 Å². The van der Waals surface area contributed by atoms with Crippen molar-refractivity contribution in [2.24, 2.45) is 5.92 Å². The fourth-order valence-electron chi connectivity index (χ4n) is 1.95. The highest BCUT2D eigenvalue weighted by Crippen LogP contribution is 2.23. The molecule has 0 aliphatic heterocycles. The first-order valence-corrected chi connectivity index (χ1v) is 5.99. The van der Waals surface area contributed by atoms with Gasteiger partial charge in [-0.25, -0.2) is 0 Å². The Balaban J connectivity index is 2.90. The molecule has 0 N–H and O–H groups in total. The fourth-order valence-corrected chi connectivity index (χ4v) is 1.95. The zero-order chi connectivity index (χ0) is 12.0. The molecule has 0 saturated carbocycles. The van der Waals surface area contributed by atoms with Crippen LogP contribution in [0.5, 0.6) is 5.75 Å². The van der Waals surface area contributed by atoms with Crippen LogP contribution in [0.25, 0.3) is 0 Å². The van der Waals surface area contributed by atoms with Crippen molar-refractivity contribution in [1.29, 1.82) is 0 Å². The largest absolute Gasteiger partial charge is 0.496 e. The Kier molecular flexibility index (Phi) is 5.10. The third kappa shape index (κ3) is 3.41. The van der Waals surface area contributed by atoms with Gasteiger partial charge < -0.3 is 4.74 Å². The van der Waals surface area contributed by atoms with Gasteiger partial charge in [-0.3, -0.25) is 0 Å². The zero-order valence-electron chi connectivity index (χ0n) is 10.8. The molecule has 0 radical (unpaired) electrons. The first kappa shape index (κ1) is 12.8. The van der Waals surface area contributed by atoms with E-state index in [4.69, 9.17) is 4.74 Å². The maximum absolute atomic E-state index is 5.40. The summed E-state index contributed by atoms with van der Waals surface area (Å²) < 4.78 is 5.40. The second-order valence-electron chi connectivity index (χ2n) is 4.21. The van der Waals surface area contributed by atoms with Crippen molar-refractivity contribution >= 4 is 0 Å². The van der Waals surface area contributed by atoms with E-state index in [1.807, 2.05) is 0 Å². The second kappa shape index (κ2) is 6.37. The number of rotatable bonds is 5. The lowest BCUT2D eigenvalue weighted by molar-refractivity contribution is 0.407. The van der Waals surface area contributed by atoms with Crippen LogP contribution in [0, 0.1) is 5.92 Å². The molecule has 1 heteroatoms. The van der Waals surface area contributed by atoms with E-state index in [-0.39, 0.29) is 0 Å². The van der Waals surface area contributed by atoms with E-state index >= 15 is 0 Å². The van der Waals surface area contributed by atoms with Crippen LogP contribution >= 0.6 is 0 Å². The van der Waals surface area contributed by atoms with E-state index in [2.05, 4.69) is 51.1 Å². The van der Waals surface area contributed by atoms with Gasteiger partial charge in [0.05, 0.1) is 7.11 Å². The van der Waals surface area contributed by atoms with Crippen molar-refractivity contribution < 1.29 is 4.74 Å². The summed E-state index contributed by atoms with van der Waals surface area (Å²) in [5, 5.41) is 0. The minimum Gasteiger partial charge on any atom is -0.496 e. The number of hydrogen-bond donors (Lipinski definition) is 0. The van der Waals surface area contributed by atoms with Crippen molar-refractivity contribution in [3.05, 3.63) is 41.5 Å². The number of hydrogen-bond acceptors (Lipinski definition) is 1. The summed E-state index contributed by atoms with van der Waals surface area (Å²) in [5.74, 6) is 1.57. The topological polar surface area (TPSA) is 9.23 Å². The molecule has 0 aromatic heterocycles. The van der Waals surface area contributed by atoms with E-state index in [9.17, 15) is 0 Å². The molecule has 1 rings (SSSR count). The molecule has 1 nitrogen and oxygen atoms in total. The number of benzene rings is 1. The molecule has 1 atom stereocenters. The minimum atomic E-state index is 0.561. The lowest BCUT2D eigenvalue weighted by Crippen LogP contribution is -2.00. The smallest absolute Gasteiger partial charge is 0.122 e. The maximum Gasteiger partial charge on any atom is 0.122 e. The molecule has 0 aliphatic rings. The van der Waals surface area contributed by atoms with Crippen LogP contribution in [0.1, 0.15) is 31.9 Å². The predicted octanol–water partition coefficient (Wildman–Crippen LogP) is 4.01. The van der Waals surface area contributed by atoms with Crippen LogP contribution in [0.2, 0.25) is 0 Å². The summed E-state index contributed by atoms with van der Waals surface area (Å²) >= 11 is 0. The van der Waals surface area contributed by atoms with Gasteiger partial charge in [0.15, 0.2) is 0 Å². The highest BCUT2D eigenvalue weighted by molar-refractivity contribution is 5.37. The van der Waals surface area contributed by atoms with Crippen molar-refractivity contribution in [2.45, 2.75) is 33.6 Å². The molecule has 0 heterocycles. The predicted molar refractivity (Wildman–Crippen MR) is 70.1 cm³/mol. The Bertz CT molecular complexity index is 352. The first-order valence-electron chi connectivity index (χ1n) is 5.99. The summed E-state index contributed by atoms with van der Waals surface area (Å²) in [6.45, 7) is 6.48. The monoisotopic (exact) mass is 218 g/mol. The molecular weight excluding hydrogens is 196 g/mol. The number of ether oxygens (including phenoxy) is 1. The van der Waals surface area contributed by atoms with Gasteiger partial charge in [-0.05, 0) is 42.9 Å². The van der Waals surface area contributed by atoms with Gasteiger partial charge in [0.1, 0.15) is 5.75 Å². The molecule has 0 bridgehead atoms. The normalized spacial score (nSPS) is 13.0. The Morgan fingerprint density at radius 3 is 2.69 bits per heavy atom. The highest BCUT2D eigenvalue weighted by Gasteiger charge is 2.06. The van der Waals surface area contributed by atoms with E-state index in [0.29, 0.717) is 5.92 Å². The fraction of sp³-hybridized carbons (Fsp3) is 0.467. The first-order chi connectivity index (χ1) is 7.71. The standard InChI is InChI=1S/C15H22O/c1-5-7-12(3)10-14-11-13(6-2)8-9-15(14)16-4/h5,7-9,11-12H,6,10H2,1-4H3/b7-5-. The van der Waals surface area contributed by atoms with E-state index in [0.717, 1.165) is 18.6 Å². The van der Waals surface area contributed by atoms with Crippen LogP contribution < -0.4 is 4.74 Å². The molecule has 0 spiro atoms. The minimum absolute atomic E-state index is 0.561. The Labute approximate surface area is 99.1 Å². The second-order valence-corrected chi connectivity index (χ2v) is 4.21. The molecule has 0 aliphatic carbocycles. The summed E-state index contributed by atoms with van der Waals surface area (Å²) in [6.07, 6.45) is 6.47. The molecule has 0 saturated heterocycles. The van der Waals surface area contributed by atoms with Gasteiger partial charge in [-0.1, -0.05) is 38.1 Å². The molecule has 1 unspecified atom stereocenters. The van der Waals surface area contributed by atoms with Gasteiger partial charge in [0, 0.05) is 0 Å². The average Bonchev–Trinajstić information content (AvgIpc) is 2.29. The molecule has 16 heavy (non-hydrogen) atoms. The van der Waals surface area contributed by atoms with Gasteiger partial charge in [0.25, 0.3) is 0 Å². The average molecular weight is 218 g/mol. The third-order valence-electron chi connectivity index (χ3n) is 2.82. The molecule has 88 valence electrons. The molecule has 1 aromatic rings. The summed E-state index contributed by atoms with van der Waals surface area (Å²) in [7, 11) is 1.74. The molecule has 0 fully saturated rings. The van der Waals surface area contributed by atoms with Crippen LogP contribution in [0.15, 0.2) is 30.4 Å². The van der Waals surface area contributed by atoms with Crippen LogP contribution in [-0.4, -0.2) is 7.11 Å². The van der Waals surface area contributed by atoms with Crippen LogP contribution in [0.3, 0.4) is 0 Å². The third-order valence-corrected chi connectivity index (χ3v) is 2.82. The number of methoxy groups -OCH3 is 1. The van der Waals surface area contributed by atoms with Crippen LogP contribution in [-0.2, 0) is 12.8 Å². The Morgan fingerprint density at radius 2 is 2.12 bits per heavy atom. The summed E-state index contributed by atoms with van der Waals surface area (Å²) in [4.78, 5) is 0. The quantitative estimate of drug-likeness (QED) is 0.678. The van der Waals surface area contributed by atoms with Crippen molar-refractivity contribution in [2.75, 3.05) is 7.11 Å². The summed E-state index contributed by atoms with van der Waals surface area (Å²) in [6, 6.07) is 6.48. The van der Waals surface area contributed by atoms with Crippen molar-refractivity contribution in [1.82, 2.24) is 0 Å². The van der Waals surface area contributed by atoms with Gasteiger partial charge in [0.2, 0.25) is 0 Å². The van der Waals surface area contributed by atoms with Gasteiger partial charge in [-0.2, -0.15) is 0 Å². The molecular formula is C15H22O. The number of allylic oxidation sites excluding steroid dienone is 2. The Hall–Kier alpha value is -1.24. The van der Waals surface area contributed by atoms with E-state index in [1.165, 1.54) is 11.1 Å². The van der Waals surface area contributed by atoms with E-state index in [1.54, 1.807) is 7.11 Å². The van der Waals surface area contributed by atoms with Gasteiger partial charge in [-0.15, -0.1) is 0 Å². The SMILES string of the molecule is C/C=C\C(C)Cc1cc(CC)ccc1OC. The lowest BCUT2D eigenvalue weighted by Gasteiger charge is -2.12. The summed E-state index contributed by atoms with van der Waals surface area (Å²) in [5.41, 5.74) is 2.69. The molecule has 1 aromatic carbocycles. The number of aryl methyl sites for hydroxylation is 1. The zero-order valence-corrected chi connectivity index (χ0v) is 10.8.